The largest absolute Gasteiger partial charge is 0.322 e. The Morgan fingerprint density at radius 1 is 1.13 bits per heavy atom. The number of nitro benzene ring substituents is 1. The summed E-state index contributed by atoms with van der Waals surface area (Å²) in [6.07, 6.45) is 1.58. The quantitative estimate of drug-likeness (QED) is 0.171. The van der Waals surface area contributed by atoms with Crippen LogP contribution in [-0.4, -0.2) is 39.2 Å². The maximum absolute atomic E-state index is 10.9. The first-order chi connectivity index (χ1) is 15.0. The van der Waals surface area contributed by atoms with Crippen molar-refractivity contribution in [3.05, 3.63) is 70.3 Å². The minimum atomic E-state index is -2.68. The molecule has 0 unspecified atom stereocenters. The second-order valence-corrected chi connectivity index (χ2v) is 12.0. The van der Waals surface area contributed by atoms with Crippen molar-refractivity contribution >= 4 is 40.8 Å². The Morgan fingerprint density at radius 3 is 2.35 bits per heavy atom. The molecular formula is C19H20N5O4PS2. The van der Waals surface area contributed by atoms with Crippen LogP contribution < -0.4 is 0 Å². The molecule has 0 aliphatic rings. The fourth-order valence-electron chi connectivity index (χ4n) is 2.51. The zero-order chi connectivity index (χ0) is 22.3. The van der Waals surface area contributed by atoms with E-state index < -0.39 is 10.6 Å². The highest BCUT2D eigenvalue weighted by Gasteiger charge is 2.25. The van der Waals surface area contributed by atoms with Crippen molar-refractivity contribution in [1.82, 2.24) is 14.9 Å². The van der Waals surface area contributed by atoms with Gasteiger partial charge < -0.3 is 9.05 Å². The molecule has 31 heavy (non-hydrogen) atoms. The third-order valence-electron chi connectivity index (χ3n) is 3.84. The van der Waals surface area contributed by atoms with Gasteiger partial charge in [-0.15, -0.1) is 10.2 Å². The molecule has 12 heteroatoms. The van der Waals surface area contributed by atoms with Crippen LogP contribution in [0.1, 0.15) is 19.4 Å². The van der Waals surface area contributed by atoms with E-state index in [0.717, 1.165) is 5.56 Å². The molecule has 3 aromatic rings. The molecular weight excluding hydrogens is 457 g/mol. The summed E-state index contributed by atoms with van der Waals surface area (Å²) in [6.45, 7) is 4.53. The molecule has 0 radical (unpaired) electrons. The first kappa shape index (κ1) is 23.2. The molecule has 2 aromatic carbocycles. The number of hydrogen-bond donors (Lipinski definition) is 0. The summed E-state index contributed by atoms with van der Waals surface area (Å²) in [7, 11) is 0. The lowest BCUT2D eigenvalue weighted by Crippen LogP contribution is -1.99. The van der Waals surface area contributed by atoms with Crippen LogP contribution in [0.2, 0.25) is 0 Å². The van der Waals surface area contributed by atoms with E-state index in [1.807, 2.05) is 44.2 Å². The number of hydrogen-bond acceptors (Lipinski definition) is 9. The van der Waals surface area contributed by atoms with Gasteiger partial charge in [-0.05, 0) is 43.4 Å². The molecule has 3 rings (SSSR count). The second-order valence-electron chi connectivity index (χ2n) is 5.95. The SMILES string of the molecule is CCOP(=S)(OCC)Sc1nnc(-c2ccccc2)n1/N=C/c1ccc([N+](=O)[O-])cc1. The summed E-state index contributed by atoms with van der Waals surface area (Å²) in [6, 6.07) is 15.6. The molecule has 162 valence electrons. The van der Waals surface area contributed by atoms with Gasteiger partial charge in [0.25, 0.3) is 11.4 Å². The Balaban J connectivity index is 1.99. The van der Waals surface area contributed by atoms with Gasteiger partial charge in [-0.2, -0.15) is 9.78 Å². The molecule has 0 atom stereocenters. The Morgan fingerprint density at radius 2 is 1.77 bits per heavy atom. The fourth-order valence-corrected chi connectivity index (χ4v) is 6.93. The normalized spacial score (nSPS) is 11.8. The Kier molecular flexibility index (Phi) is 8.05. The zero-order valence-electron chi connectivity index (χ0n) is 16.8. The maximum Gasteiger partial charge on any atom is 0.269 e. The van der Waals surface area contributed by atoms with Crippen LogP contribution in [0.3, 0.4) is 0 Å². The molecule has 0 aliphatic carbocycles. The van der Waals surface area contributed by atoms with E-state index in [2.05, 4.69) is 15.3 Å². The van der Waals surface area contributed by atoms with Gasteiger partial charge in [0.2, 0.25) is 5.16 Å². The smallest absolute Gasteiger partial charge is 0.269 e. The average molecular weight is 478 g/mol. The van der Waals surface area contributed by atoms with E-state index in [9.17, 15) is 10.1 Å². The number of benzene rings is 2. The molecule has 0 saturated carbocycles. The minimum absolute atomic E-state index is 0.0109. The summed E-state index contributed by atoms with van der Waals surface area (Å²) in [5.74, 6) is 0.524. The van der Waals surface area contributed by atoms with E-state index >= 15 is 0 Å². The molecule has 0 N–H and O–H groups in total. The fraction of sp³-hybridized carbons (Fsp3) is 0.211. The van der Waals surface area contributed by atoms with Gasteiger partial charge in [-0.25, -0.2) is 0 Å². The zero-order valence-corrected chi connectivity index (χ0v) is 19.3. The summed E-state index contributed by atoms with van der Waals surface area (Å²) < 4.78 is 13.0. The van der Waals surface area contributed by atoms with Crippen LogP contribution in [0, 0.1) is 10.1 Å². The van der Waals surface area contributed by atoms with Crippen molar-refractivity contribution in [2.75, 3.05) is 13.2 Å². The van der Waals surface area contributed by atoms with E-state index in [-0.39, 0.29) is 5.69 Å². The standard InChI is InChI=1S/C19H20N5O4PS2/c1-3-27-29(30,28-4-2)31-19-22-21-18(16-8-6-5-7-9-16)23(19)20-14-15-10-12-17(13-11-15)24(25)26/h5-14H,3-4H2,1-2H3/b20-14+. The van der Waals surface area contributed by atoms with Gasteiger partial charge in [0, 0.05) is 29.1 Å². The molecule has 0 aliphatic heterocycles. The van der Waals surface area contributed by atoms with Crippen molar-refractivity contribution in [2.45, 2.75) is 19.0 Å². The van der Waals surface area contributed by atoms with E-state index in [1.54, 1.807) is 23.0 Å². The van der Waals surface area contributed by atoms with Crippen LogP contribution in [0.4, 0.5) is 5.69 Å². The van der Waals surface area contributed by atoms with Gasteiger partial charge >= 0.3 is 0 Å². The van der Waals surface area contributed by atoms with Crippen LogP contribution in [-0.2, 0) is 20.9 Å². The number of nitro groups is 1. The van der Waals surface area contributed by atoms with Gasteiger partial charge in [-0.1, -0.05) is 30.3 Å². The number of rotatable bonds is 10. The molecule has 0 saturated heterocycles. The molecule has 0 amide bonds. The predicted octanol–water partition coefficient (Wildman–Crippen LogP) is 5.13. The highest BCUT2D eigenvalue weighted by Crippen LogP contribution is 2.63. The van der Waals surface area contributed by atoms with Gasteiger partial charge in [-0.3, -0.25) is 10.1 Å². The lowest BCUT2D eigenvalue weighted by atomic mass is 10.2. The van der Waals surface area contributed by atoms with Crippen LogP contribution in [0.5, 0.6) is 0 Å². The summed E-state index contributed by atoms with van der Waals surface area (Å²) in [5.41, 5.74) is -1.16. The third kappa shape index (κ3) is 6.05. The molecule has 1 aromatic heterocycles. The van der Waals surface area contributed by atoms with Crippen LogP contribution in [0.15, 0.2) is 64.9 Å². The highest BCUT2D eigenvalue weighted by atomic mass is 32.9. The second kappa shape index (κ2) is 10.7. The Hall–Kier alpha value is -2.43. The number of nitrogens with zero attached hydrogens (tertiary/aromatic N) is 5. The highest BCUT2D eigenvalue weighted by molar-refractivity contribution is 8.67. The molecule has 0 bridgehead atoms. The van der Waals surface area contributed by atoms with Crippen LogP contribution >= 0.6 is 17.1 Å². The van der Waals surface area contributed by atoms with Gasteiger partial charge in [0.1, 0.15) is 0 Å². The first-order valence-corrected chi connectivity index (χ1v) is 13.4. The minimum Gasteiger partial charge on any atom is -0.322 e. The number of non-ortho nitro benzene ring substituents is 1. The van der Waals surface area contributed by atoms with E-state index in [1.165, 1.54) is 23.5 Å². The summed E-state index contributed by atoms with van der Waals surface area (Å²) in [5, 5.41) is 24.4. The third-order valence-corrected chi connectivity index (χ3v) is 8.72. The first-order valence-electron chi connectivity index (χ1n) is 9.34. The Labute approximate surface area is 188 Å². The molecule has 0 fully saturated rings. The van der Waals surface area contributed by atoms with Crippen molar-refractivity contribution in [2.24, 2.45) is 5.10 Å². The van der Waals surface area contributed by atoms with E-state index in [4.69, 9.17) is 20.9 Å². The van der Waals surface area contributed by atoms with Gasteiger partial charge in [0.05, 0.1) is 24.4 Å². The Bertz CT molecular complexity index is 1100. The lowest BCUT2D eigenvalue weighted by molar-refractivity contribution is -0.384. The topological polar surface area (TPSA) is 105 Å². The molecule has 9 nitrogen and oxygen atoms in total. The predicted molar refractivity (Wildman–Crippen MR) is 125 cm³/mol. The number of aromatic nitrogens is 3. The summed E-state index contributed by atoms with van der Waals surface area (Å²) in [4.78, 5) is 10.4. The lowest BCUT2D eigenvalue weighted by Gasteiger charge is -2.18. The van der Waals surface area contributed by atoms with Crippen LogP contribution in [0.25, 0.3) is 11.4 Å². The summed E-state index contributed by atoms with van der Waals surface area (Å²) >= 11 is 6.81. The van der Waals surface area contributed by atoms with Crippen molar-refractivity contribution < 1.29 is 14.0 Å². The van der Waals surface area contributed by atoms with Crippen molar-refractivity contribution in [1.29, 1.82) is 0 Å². The van der Waals surface area contributed by atoms with Gasteiger partial charge in [0.15, 0.2) is 5.82 Å². The monoisotopic (exact) mass is 477 g/mol. The molecule has 1 heterocycles. The van der Waals surface area contributed by atoms with Crippen molar-refractivity contribution in [3.63, 3.8) is 0 Å². The molecule has 0 spiro atoms. The van der Waals surface area contributed by atoms with E-state index in [0.29, 0.717) is 29.8 Å². The van der Waals surface area contributed by atoms with Crippen molar-refractivity contribution in [3.8, 4) is 11.4 Å². The average Bonchev–Trinajstić information content (AvgIpc) is 3.15. The maximum atomic E-state index is 10.9.